The Balaban J connectivity index is 2.62. The zero-order chi connectivity index (χ0) is 9.42. The van der Waals surface area contributed by atoms with Crippen LogP contribution in [0.3, 0.4) is 0 Å². The second kappa shape index (κ2) is 2.69. The summed E-state index contributed by atoms with van der Waals surface area (Å²) < 4.78 is 29.0. The molecule has 0 fully saturated rings. The molecule has 1 aromatic heterocycles. The normalized spacial score (nSPS) is 11.3. The van der Waals surface area contributed by atoms with Gasteiger partial charge in [0.05, 0.1) is 0 Å². The van der Waals surface area contributed by atoms with Gasteiger partial charge < -0.3 is 10.2 Å². The first-order chi connectivity index (χ1) is 6.16. The zero-order valence-corrected chi connectivity index (χ0v) is 6.50. The minimum atomic E-state index is -2.69. The van der Waals surface area contributed by atoms with Crippen LogP contribution in [0.2, 0.25) is 0 Å². The van der Waals surface area contributed by atoms with E-state index in [2.05, 4.69) is 4.98 Å². The van der Waals surface area contributed by atoms with Gasteiger partial charge in [-0.1, -0.05) is 0 Å². The van der Waals surface area contributed by atoms with Gasteiger partial charge in [-0.3, -0.25) is 0 Å². The average molecular weight is 184 g/mol. The summed E-state index contributed by atoms with van der Waals surface area (Å²) >= 11 is 0. The van der Waals surface area contributed by atoms with Gasteiger partial charge in [-0.05, 0) is 12.1 Å². The predicted octanol–water partition coefficient (Wildman–Crippen LogP) is 2.35. The molecule has 0 saturated heterocycles. The van der Waals surface area contributed by atoms with Crippen molar-refractivity contribution in [3.05, 3.63) is 24.1 Å². The van der Waals surface area contributed by atoms with Crippen molar-refractivity contribution < 1.29 is 13.2 Å². The second-order valence-corrected chi connectivity index (χ2v) is 2.58. The molecule has 0 aliphatic carbocycles. The van der Waals surface area contributed by atoms with Gasteiger partial charge in [0.2, 0.25) is 0 Å². The molecule has 0 aliphatic rings. The Kier molecular flexibility index (Phi) is 1.65. The molecule has 0 aliphatic heterocycles. The summed E-state index contributed by atoms with van der Waals surface area (Å²) in [6, 6.07) is 4.59. The summed E-state index contributed by atoms with van der Waals surface area (Å²) in [7, 11) is 0. The Morgan fingerprint density at radius 2 is 2.15 bits per heavy atom. The molecule has 0 atom stereocenters. The Morgan fingerprint density at radius 1 is 1.38 bits per heavy atom. The fourth-order valence-corrected chi connectivity index (χ4v) is 1.05. The highest BCUT2D eigenvalue weighted by molar-refractivity contribution is 5.76. The van der Waals surface area contributed by atoms with E-state index in [1.54, 1.807) is 12.1 Å². The van der Waals surface area contributed by atoms with E-state index >= 15 is 0 Å². The van der Waals surface area contributed by atoms with E-state index < -0.39 is 12.3 Å². The summed E-state index contributed by atoms with van der Waals surface area (Å²) in [5, 5.41) is 0. The smallest absolute Gasteiger partial charge is 0.313 e. The van der Waals surface area contributed by atoms with Crippen molar-refractivity contribution in [2.24, 2.45) is 0 Å². The van der Waals surface area contributed by atoms with Crippen LogP contribution in [-0.2, 0) is 0 Å². The van der Waals surface area contributed by atoms with Crippen molar-refractivity contribution in [2.75, 3.05) is 5.73 Å². The van der Waals surface area contributed by atoms with E-state index in [1.165, 1.54) is 6.07 Å². The maximum absolute atomic E-state index is 12.1. The molecule has 1 heterocycles. The summed E-state index contributed by atoms with van der Waals surface area (Å²) in [4.78, 5) is 3.58. The number of hydrogen-bond donors (Lipinski definition) is 1. The number of nitrogens with two attached hydrogens (primary N) is 1. The minimum Gasteiger partial charge on any atom is -0.435 e. The van der Waals surface area contributed by atoms with Crippen LogP contribution in [0.1, 0.15) is 12.3 Å². The van der Waals surface area contributed by atoms with Crippen LogP contribution < -0.4 is 5.73 Å². The number of fused-ring (bicyclic) bond motifs is 1. The van der Waals surface area contributed by atoms with Crippen molar-refractivity contribution in [1.82, 2.24) is 4.98 Å². The first-order valence-corrected chi connectivity index (χ1v) is 3.61. The monoisotopic (exact) mass is 184 g/mol. The summed E-state index contributed by atoms with van der Waals surface area (Å²) in [6.07, 6.45) is -2.69. The molecule has 0 unspecified atom stereocenters. The molecule has 0 spiro atoms. The van der Waals surface area contributed by atoms with Crippen LogP contribution in [0.25, 0.3) is 11.1 Å². The van der Waals surface area contributed by atoms with Gasteiger partial charge in [-0.15, -0.1) is 0 Å². The number of nitrogen functional groups attached to an aromatic ring is 1. The number of benzene rings is 1. The lowest BCUT2D eigenvalue weighted by Gasteiger charge is -1.88. The van der Waals surface area contributed by atoms with E-state index in [9.17, 15) is 8.78 Å². The lowest BCUT2D eigenvalue weighted by atomic mass is 10.3. The molecular weight excluding hydrogens is 178 g/mol. The van der Waals surface area contributed by atoms with Crippen LogP contribution in [0.15, 0.2) is 22.6 Å². The van der Waals surface area contributed by atoms with E-state index in [4.69, 9.17) is 10.2 Å². The largest absolute Gasteiger partial charge is 0.435 e. The molecule has 0 bridgehead atoms. The Bertz CT molecular complexity index is 439. The maximum Gasteiger partial charge on any atom is 0.313 e. The van der Waals surface area contributed by atoms with Gasteiger partial charge in [0, 0.05) is 11.8 Å². The molecule has 13 heavy (non-hydrogen) atoms. The van der Waals surface area contributed by atoms with Crippen LogP contribution in [-0.4, -0.2) is 4.98 Å². The van der Waals surface area contributed by atoms with Crippen molar-refractivity contribution in [2.45, 2.75) is 6.43 Å². The van der Waals surface area contributed by atoms with Gasteiger partial charge in [0.15, 0.2) is 5.58 Å². The van der Waals surface area contributed by atoms with Gasteiger partial charge in [0.1, 0.15) is 5.52 Å². The molecule has 1 aromatic carbocycles. The molecular formula is C8H6F2N2O. The number of anilines is 1. The molecule has 2 aromatic rings. The highest BCUT2D eigenvalue weighted by Gasteiger charge is 2.15. The number of nitrogens with zero attached hydrogens (tertiary/aromatic N) is 1. The SMILES string of the molecule is Nc1ccc2nc(C(F)F)oc2c1. The number of alkyl halides is 2. The molecule has 0 saturated carbocycles. The minimum absolute atomic E-state index is 0.287. The Hall–Kier alpha value is -1.65. The van der Waals surface area contributed by atoms with Gasteiger partial charge in [-0.2, -0.15) is 8.78 Å². The first kappa shape index (κ1) is 7.97. The number of halogens is 2. The third-order valence-corrected chi connectivity index (χ3v) is 1.62. The van der Waals surface area contributed by atoms with E-state index in [-0.39, 0.29) is 5.58 Å². The fourth-order valence-electron chi connectivity index (χ4n) is 1.05. The lowest BCUT2D eigenvalue weighted by Crippen LogP contribution is -1.82. The topological polar surface area (TPSA) is 52.0 Å². The van der Waals surface area contributed by atoms with Crippen LogP contribution in [0.5, 0.6) is 0 Å². The summed E-state index contributed by atoms with van der Waals surface area (Å²) in [5.41, 5.74) is 6.58. The highest BCUT2D eigenvalue weighted by Crippen LogP contribution is 2.24. The zero-order valence-electron chi connectivity index (χ0n) is 6.50. The van der Waals surface area contributed by atoms with Crippen LogP contribution in [0.4, 0.5) is 14.5 Å². The molecule has 3 nitrogen and oxygen atoms in total. The van der Waals surface area contributed by atoms with E-state index in [0.29, 0.717) is 11.2 Å². The standard InChI is InChI=1S/C8H6F2N2O/c9-7(10)8-12-5-2-1-4(11)3-6(5)13-8/h1-3,7H,11H2. The van der Waals surface area contributed by atoms with Gasteiger partial charge >= 0.3 is 6.43 Å². The fraction of sp³-hybridized carbons (Fsp3) is 0.125. The van der Waals surface area contributed by atoms with E-state index in [1.807, 2.05) is 0 Å². The van der Waals surface area contributed by atoms with Crippen molar-refractivity contribution in [3.63, 3.8) is 0 Å². The number of oxazole rings is 1. The van der Waals surface area contributed by atoms with Crippen molar-refractivity contribution in [1.29, 1.82) is 0 Å². The summed E-state index contributed by atoms with van der Waals surface area (Å²) in [6.45, 7) is 0. The maximum atomic E-state index is 12.1. The average Bonchev–Trinajstić information content (AvgIpc) is 2.46. The third kappa shape index (κ3) is 1.32. The van der Waals surface area contributed by atoms with Gasteiger partial charge in [0.25, 0.3) is 5.89 Å². The number of rotatable bonds is 1. The Morgan fingerprint density at radius 3 is 2.85 bits per heavy atom. The van der Waals surface area contributed by atoms with Crippen molar-refractivity contribution in [3.8, 4) is 0 Å². The van der Waals surface area contributed by atoms with E-state index in [0.717, 1.165) is 0 Å². The third-order valence-electron chi connectivity index (χ3n) is 1.62. The highest BCUT2D eigenvalue weighted by atomic mass is 19.3. The Labute approximate surface area is 72.2 Å². The van der Waals surface area contributed by atoms with Crippen LogP contribution >= 0.6 is 0 Å². The summed E-state index contributed by atoms with van der Waals surface area (Å²) in [5.74, 6) is -0.569. The number of aromatic nitrogens is 1. The quantitative estimate of drug-likeness (QED) is 0.692. The van der Waals surface area contributed by atoms with Crippen molar-refractivity contribution >= 4 is 16.8 Å². The van der Waals surface area contributed by atoms with Crippen LogP contribution in [0, 0.1) is 0 Å². The second-order valence-electron chi connectivity index (χ2n) is 2.58. The van der Waals surface area contributed by atoms with Gasteiger partial charge in [-0.25, -0.2) is 4.98 Å². The first-order valence-electron chi connectivity index (χ1n) is 3.61. The predicted molar refractivity (Wildman–Crippen MR) is 43.4 cm³/mol. The molecule has 68 valence electrons. The molecule has 0 amide bonds. The molecule has 0 radical (unpaired) electrons. The molecule has 2 rings (SSSR count). The molecule has 5 heteroatoms. The number of hydrogen-bond acceptors (Lipinski definition) is 3. The molecule has 2 N–H and O–H groups in total. The lowest BCUT2D eigenvalue weighted by molar-refractivity contribution is 0.117.